The molecule has 1 aromatic rings. The van der Waals surface area contributed by atoms with E-state index < -0.39 is 18.8 Å². The first-order valence-electron chi connectivity index (χ1n) is 8.18. The van der Waals surface area contributed by atoms with Gasteiger partial charge in [0.05, 0.1) is 18.4 Å². The Bertz CT molecular complexity index is 670. The molecule has 0 aromatic heterocycles. The van der Waals surface area contributed by atoms with Gasteiger partial charge >= 0.3 is 12.1 Å². The molecule has 3 N–H and O–H groups in total. The molecule has 6 nitrogen and oxygen atoms in total. The van der Waals surface area contributed by atoms with Crippen molar-refractivity contribution in [2.75, 3.05) is 19.0 Å². The molecule has 1 fully saturated rings. The summed E-state index contributed by atoms with van der Waals surface area (Å²) in [5.41, 5.74) is 5.95. The number of carbonyl (C=O) groups excluding carboxylic acids is 2. The van der Waals surface area contributed by atoms with E-state index in [4.69, 9.17) is 10.5 Å². The zero-order valence-electron chi connectivity index (χ0n) is 14.7. The largest absolute Gasteiger partial charge is 0.482 e. The predicted molar refractivity (Wildman–Crippen MR) is 95.1 cm³/mol. The molecular weight excluding hydrogens is 389 g/mol. The van der Waals surface area contributed by atoms with E-state index in [0.29, 0.717) is 12.8 Å². The minimum absolute atomic E-state index is 0. The SMILES string of the molecule is COC(=O)c1ccc(NC(=O)C2CCCC(N)C2)c(OCC(F)(F)F)c1.Cl. The maximum Gasteiger partial charge on any atom is 0.422 e. The summed E-state index contributed by atoms with van der Waals surface area (Å²) < 4.78 is 46.8. The first-order chi connectivity index (χ1) is 12.2. The summed E-state index contributed by atoms with van der Waals surface area (Å²) in [6.45, 7) is -1.55. The van der Waals surface area contributed by atoms with Gasteiger partial charge < -0.3 is 20.5 Å². The number of rotatable bonds is 5. The van der Waals surface area contributed by atoms with Crippen LogP contribution in [-0.4, -0.2) is 37.8 Å². The topological polar surface area (TPSA) is 90.7 Å². The van der Waals surface area contributed by atoms with Gasteiger partial charge in [0, 0.05) is 12.0 Å². The predicted octanol–water partition coefficient (Wildman–Crippen LogP) is 3.29. The third kappa shape index (κ3) is 6.91. The van der Waals surface area contributed by atoms with Gasteiger partial charge in [-0.1, -0.05) is 6.42 Å². The standard InChI is InChI=1S/C17H21F3N2O4.ClH/c1-25-16(24)11-5-6-13(14(8-11)26-9-17(18,19)20)22-15(23)10-3-2-4-12(21)7-10;/h5-6,8,10,12H,2-4,7,9,21H2,1H3,(H,22,23);1H. The Kier molecular flexibility index (Phi) is 8.36. The number of esters is 1. The van der Waals surface area contributed by atoms with Gasteiger partial charge in [0.25, 0.3) is 0 Å². The van der Waals surface area contributed by atoms with E-state index in [1.54, 1.807) is 0 Å². The van der Waals surface area contributed by atoms with E-state index in [-0.39, 0.29) is 47.3 Å². The number of nitrogens with two attached hydrogens (primary N) is 1. The van der Waals surface area contributed by atoms with Crippen molar-refractivity contribution >= 4 is 30.0 Å². The van der Waals surface area contributed by atoms with Crippen LogP contribution >= 0.6 is 12.4 Å². The second-order valence-corrected chi connectivity index (χ2v) is 6.22. The van der Waals surface area contributed by atoms with Crippen LogP contribution in [-0.2, 0) is 9.53 Å². The van der Waals surface area contributed by atoms with Gasteiger partial charge in [-0.3, -0.25) is 4.79 Å². The van der Waals surface area contributed by atoms with E-state index in [1.807, 2.05) is 0 Å². The molecule has 0 radical (unpaired) electrons. The van der Waals surface area contributed by atoms with Crippen molar-refractivity contribution in [3.8, 4) is 5.75 Å². The molecule has 1 saturated carbocycles. The molecule has 0 heterocycles. The van der Waals surface area contributed by atoms with E-state index in [1.165, 1.54) is 12.1 Å². The van der Waals surface area contributed by atoms with Gasteiger partial charge in [0.1, 0.15) is 5.75 Å². The van der Waals surface area contributed by atoms with Crippen LogP contribution in [0.25, 0.3) is 0 Å². The highest BCUT2D eigenvalue weighted by Crippen LogP contribution is 2.30. The lowest BCUT2D eigenvalue weighted by Gasteiger charge is -2.26. The maximum absolute atomic E-state index is 12.5. The Balaban J connectivity index is 0.00000364. The molecule has 2 unspecified atom stereocenters. The van der Waals surface area contributed by atoms with Crippen molar-refractivity contribution in [2.45, 2.75) is 37.9 Å². The lowest BCUT2D eigenvalue weighted by Crippen LogP contribution is -2.34. The van der Waals surface area contributed by atoms with Gasteiger partial charge in [-0.25, -0.2) is 4.79 Å². The number of carbonyl (C=O) groups is 2. The Morgan fingerprint density at radius 3 is 2.59 bits per heavy atom. The van der Waals surface area contributed by atoms with Gasteiger partial charge in [-0.05, 0) is 37.5 Å². The van der Waals surface area contributed by atoms with Crippen molar-refractivity contribution in [3.63, 3.8) is 0 Å². The van der Waals surface area contributed by atoms with Crippen LogP contribution in [0.3, 0.4) is 0 Å². The van der Waals surface area contributed by atoms with Crippen LogP contribution < -0.4 is 15.8 Å². The molecule has 1 aliphatic rings. The monoisotopic (exact) mass is 410 g/mol. The quantitative estimate of drug-likeness (QED) is 0.727. The molecular formula is C17H22ClF3N2O4. The summed E-state index contributed by atoms with van der Waals surface area (Å²) in [4.78, 5) is 24.0. The highest BCUT2D eigenvalue weighted by molar-refractivity contribution is 5.96. The van der Waals surface area contributed by atoms with E-state index in [9.17, 15) is 22.8 Å². The first-order valence-corrected chi connectivity index (χ1v) is 8.18. The van der Waals surface area contributed by atoms with Crippen LogP contribution in [0.2, 0.25) is 0 Å². The Labute approximate surface area is 161 Å². The molecule has 152 valence electrons. The first kappa shape index (κ1) is 23.0. The molecule has 0 spiro atoms. The maximum atomic E-state index is 12.5. The van der Waals surface area contributed by atoms with Crippen LogP contribution in [0.1, 0.15) is 36.0 Å². The normalized spacial score (nSPS) is 19.6. The summed E-state index contributed by atoms with van der Waals surface area (Å²) in [6.07, 6.45) is -1.71. The van der Waals surface area contributed by atoms with Crippen LogP contribution in [0, 0.1) is 5.92 Å². The van der Waals surface area contributed by atoms with Crippen LogP contribution in [0.5, 0.6) is 5.75 Å². The fraction of sp³-hybridized carbons (Fsp3) is 0.529. The molecule has 27 heavy (non-hydrogen) atoms. The number of hydrogen-bond acceptors (Lipinski definition) is 5. The second kappa shape index (κ2) is 9.80. The number of benzene rings is 1. The van der Waals surface area contributed by atoms with Crippen molar-refractivity contribution in [3.05, 3.63) is 23.8 Å². The number of anilines is 1. The number of methoxy groups -OCH3 is 1. The summed E-state index contributed by atoms with van der Waals surface area (Å²) in [7, 11) is 1.15. The third-order valence-electron chi connectivity index (χ3n) is 4.14. The average Bonchev–Trinajstić information content (AvgIpc) is 2.59. The minimum Gasteiger partial charge on any atom is -0.482 e. The summed E-state index contributed by atoms with van der Waals surface area (Å²) in [5.74, 6) is -1.62. The molecule has 2 rings (SSSR count). The summed E-state index contributed by atoms with van der Waals surface area (Å²) in [6, 6.07) is 3.70. The highest BCUT2D eigenvalue weighted by atomic mass is 35.5. The molecule has 0 saturated heterocycles. The number of halogens is 4. The summed E-state index contributed by atoms with van der Waals surface area (Å²) >= 11 is 0. The van der Waals surface area contributed by atoms with Gasteiger partial charge in [-0.15, -0.1) is 12.4 Å². The van der Waals surface area contributed by atoms with E-state index >= 15 is 0 Å². The fourth-order valence-electron chi connectivity index (χ4n) is 2.85. The molecule has 1 amide bonds. The molecule has 10 heteroatoms. The van der Waals surface area contributed by atoms with Crippen molar-refractivity contribution < 1.29 is 32.2 Å². The number of amides is 1. The number of ether oxygens (including phenoxy) is 2. The lowest BCUT2D eigenvalue weighted by molar-refractivity contribution is -0.153. The zero-order chi connectivity index (χ0) is 19.3. The minimum atomic E-state index is -4.56. The van der Waals surface area contributed by atoms with E-state index in [2.05, 4.69) is 10.1 Å². The molecule has 0 bridgehead atoms. The molecule has 0 aliphatic heterocycles. The Hall–Kier alpha value is -2.00. The van der Waals surface area contributed by atoms with E-state index in [0.717, 1.165) is 26.0 Å². The average molecular weight is 411 g/mol. The van der Waals surface area contributed by atoms with Crippen molar-refractivity contribution in [2.24, 2.45) is 11.7 Å². The van der Waals surface area contributed by atoms with Gasteiger partial charge in [0.15, 0.2) is 6.61 Å². The fourth-order valence-corrected chi connectivity index (χ4v) is 2.85. The molecule has 1 aliphatic carbocycles. The van der Waals surface area contributed by atoms with Crippen LogP contribution in [0.4, 0.5) is 18.9 Å². The zero-order valence-corrected chi connectivity index (χ0v) is 15.5. The highest BCUT2D eigenvalue weighted by Gasteiger charge is 2.30. The second-order valence-electron chi connectivity index (χ2n) is 6.22. The molecule has 2 atom stereocenters. The number of alkyl halides is 3. The molecule has 1 aromatic carbocycles. The third-order valence-corrected chi connectivity index (χ3v) is 4.14. The smallest absolute Gasteiger partial charge is 0.422 e. The van der Waals surface area contributed by atoms with Crippen LogP contribution in [0.15, 0.2) is 18.2 Å². The van der Waals surface area contributed by atoms with Gasteiger partial charge in [-0.2, -0.15) is 13.2 Å². The Morgan fingerprint density at radius 2 is 2.00 bits per heavy atom. The number of nitrogens with one attached hydrogen (secondary N) is 1. The van der Waals surface area contributed by atoms with Crippen molar-refractivity contribution in [1.29, 1.82) is 0 Å². The number of hydrogen-bond donors (Lipinski definition) is 2. The van der Waals surface area contributed by atoms with Crippen molar-refractivity contribution in [1.82, 2.24) is 0 Å². The lowest BCUT2D eigenvalue weighted by atomic mass is 9.85. The Morgan fingerprint density at radius 1 is 1.30 bits per heavy atom. The summed E-state index contributed by atoms with van der Waals surface area (Å²) in [5, 5.41) is 2.58. The van der Waals surface area contributed by atoms with Gasteiger partial charge in [0.2, 0.25) is 5.91 Å².